The summed E-state index contributed by atoms with van der Waals surface area (Å²) in [5.41, 5.74) is 2.46. The van der Waals surface area contributed by atoms with E-state index >= 15 is 0 Å². The number of carbonyl (C=O) groups is 1. The van der Waals surface area contributed by atoms with E-state index in [4.69, 9.17) is 0 Å². The molecule has 6 heteroatoms. The maximum absolute atomic E-state index is 12.9. The SMILES string of the molecule is Cc1nc2ccccc2c(=O)n1-c1ccc(NC(=O)c2cccc(Br)c2)cc1. The lowest BCUT2D eigenvalue weighted by Crippen LogP contribution is -2.22. The van der Waals surface area contributed by atoms with Crippen LogP contribution in [0.25, 0.3) is 16.6 Å². The molecule has 0 bridgehead atoms. The van der Waals surface area contributed by atoms with Gasteiger partial charge in [0.2, 0.25) is 0 Å². The number of carbonyl (C=O) groups excluding carboxylic acids is 1. The first-order chi connectivity index (χ1) is 13.5. The molecule has 0 saturated heterocycles. The number of para-hydroxylation sites is 1. The van der Waals surface area contributed by atoms with E-state index < -0.39 is 0 Å². The number of rotatable bonds is 3. The van der Waals surface area contributed by atoms with Crippen molar-refractivity contribution in [3.8, 4) is 5.69 Å². The number of benzene rings is 3. The molecule has 0 aliphatic rings. The molecule has 138 valence electrons. The van der Waals surface area contributed by atoms with Crippen molar-refractivity contribution >= 4 is 38.4 Å². The second-order valence-corrected chi connectivity index (χ2v) is 7.24. The standard InChI is InChI=1S/C22H16BrN3O2/c1-14-24-20-8-3-2-7-19(20)22(28)26(14)18-11-9-17(10-12-18)25-21(27)15-5-4-6-16(23)13-15/h2-13H,1H3,(H,25,27). The molecule has 1 N–H and O–H groups in total. The summed E-state index contributed by atoms with van der Waals surface area (Å²) in [4.78, 5) is 29.8. The van der Waals surface area contributed by atoms with Gasteiger partial charge in [-0.25, -0.2) is 4.98 Å². The van der Waals surface area contributed by atoms with Crippen LogP contribution in [0.2, 0.25) is 0 Å². The lowest BCUT2D eigenvalue weighted by atomic mass is 10.2. The number of hydrogen-bond donors (Lipinski definition) is 1. The third kappa shape index (κ3) is 3.46. The van der Waals surface area contributed by atoms with E-state index in [2.05, 4.69) is 26.2 Å². The van der Waals surface area contributed by atoms with Crippen LogP contribution >= 0.6 is 15.9 Å². The molecule has 1 amide bonds. The zero-order chi connectivity index (χ0) is 19.7. The predicted molar refractivity (Wildman–Crippen MR) is 114 cm³/mol. The third-order valence-electron chi connectivity index (χ3n) is 4.41. The van der Waals surface area contributed by atoms with E-state index in [1.165, 1.54) is 0 Å². The molecule has 0 fully saturated rings. The number of aromatic nitrogens is 2. The van der Waals surface area contributed by atoms with Gasteiger partial charge in [-0.3, -0.25) is 14.2 Å². The second-order valence-electron chi connectivity index (χ2n) is 6.33. The number of amides is 1. The number of fused-ring (bicyclic) bond motifs is 1. The first-order valence-electron chi connectivity index (χ1n) is 8.69. The second kappa shape index (κ2) is 7.40. The van der Waals surface area contributed by atoms with E-state index in [1.54, 1.807) is 54.0 Å². The van der Waals surface area contributed by atoms with Crippen molar-refractivity contribution in [2.75, 3.05) is 5.32 Å². The Bertz CT molecular complexity index is 1250. The Kier molecular flexibility index (Phi) is 4.79. The highest BCUT2D eigenvalue weighted by atomic mass is 79.9. The fourth-order valence-corrected chi connectivity index (χ4v) is 3.47. The molecule has 1 heterocycles. The van der Waals surface area contributed by atoms with Crippen LogP contribution in [-0.4, -0.2) is 15.5 Å². The lowest BCUT2D eigenvalue weighted by molar-refractivity contribution is 0.102. The van der Waals surface area contributed by atoms with E-state index in [0.29, 0.717) is 33.7 Å². The molecule has 5 nitrogen and oxygen atoms in total. The Morgan fingerprint density at radius 2 is 1.75 bits per heavy atom. The number of hydrogen-bond acceptors (Lipinski definition) is 3. The van der Waals surface area contributed by atoms with Crippen LogP contribution in [0.4, 0.5) is 5.69 Å². The van der Waals surface area contributed by atoms with Crippen molar-refractivity contribution in [1.29, 1.82) is 0 Å². The predicted octanol–water partition coefficient (Wildman–Crippen LogP) is 4.71. The van der Waals surface area contributed by atoms with Crippen molar-refractivity contribution in [2.45, 2.75) is 6.92 Å². The summed E-state index contributed by atoms with van der Waals surface area (Å²) in [6, 6.07) is 21.6. The highest BCUT2D eigenvalue weighted by Gasteiger charge is 2.10. The average Bonchev–Trinajstić information content (AvgIpc) is 2.69. The van der Waals surface area contributed by atoms with Gasteiger partial charge < -0.3 is 5.32 Å². The molecule has 0 unspecified atom stereocenters. The minimum atomic E-state index is -0.199. The van der Waals surface area contributed by atoms with Crippen molar-refractivity contribution < 1.29 is 4.79 Å². The molecular weight excluding hydrogens is 418 g/mol. The van der Waals surface area contributed by atoms with Gasteiger partial charge in [0, 0.05) is 15.7 Å². The van der Waals surface area contributed by atoms with Crippen LogP contribution in [0.15, 0.2) is 82.1 Å². The maximum atomic E-state index is 12.9. The van der Waals surface area contributed by atoms with Crippen LogP contribution < -0.4 is 10.9 Å². The molecule has 0 radical (unpaired) electrons. The molecule has 0 aliphatic carbocycles. The average molecular weight is 434 g/mol. The van der Waals surface area contributed by atoms with Crippen molar-refractivity contribution in [1.82, 2.24) is 9.55 Å². The summed E-state index contributed by atoms with van der Waals surface area (Å²) < 4.78 is 2.41. The molecule has 0 atom stereocenters. The number of halogens is 1. The molecule has 0 aliphatic heterocycles. The molecule has 3 aromatic carbocycles. The zero-order valence-electron chi connectivity index (χ0n) is 15.0. The van der Waals surface area contributed by atoms with E-state index in [9.17, 15) is 9.59 Å². The van der Waals surface area contributed by atoms with Crippen molar-refractivity contribution in [3.63, 3.8) is 0 Å². The molecule has 0 saturated carbocycles. The van der Waals surface area contributed by atoms with Crippen LogP contribution in [0.1, 0.15) is 16.2 Å². The van der Waals surface area contributed by atoms with Gasteiger partial charge in [-0.2, -0.15) is 0 Å². The Hall–Kier alpha value is -3.25. The summed E-state index contributed by atoms with van der Waals surface area (Å²) in [5, 5.41) is 3.43. The number of nitrogens with one attached hydrogen (secondary N) is 1. The Labute approximate surface area is 169 Å². The highest BCUT2D eigenvalue weighted by Crippen LogP contribution is 2.17. The summed E-state index contributed by atoms with van der Waals surface area (Å²) in [5.74, 6) is 0.407. The largest absolute Gasteiger partial charge is 0.322 e. The van der Waals surface area contributed by atoms with Crippen LogP contribution in [0.5, 0.6) is 0 Å². The normalized spacial score (nSPS) is 10.8. The molecule has 4 rings (SSSR count). The third-order valence-corrected chi connectivity index (χ3v) is 4.91. The summed E-state index contributed by atoms with van der Waals surface area (Å²) in [7, 11) is 0. The smallest absolute Gasteiger partial charge is 0.265 e. The molecule has 1 aromatic heterocycles. The van der Waals surface area contributed by atoms with Gasteiger partial charge in [0.15, 0.2) is 0 Å². The van der Waals surface area contributed by atoms with Gasteiger partial charge >= 0.3 is 0 Å². The Morgan fingerprint density at radius 1 is 1.00 bits per heavy atom. The molecule has 0 spiro atoms. The Balaban J connectivity index is 1.65. The number of aryl methyl sites for hydroxylation is 1. The van der Waals surface area contributed by atoms with Crippen LogP contribution in [0, 0.1) is 6.92 Å². The van der Waals surface area contributed by atoms with Gasteiger partial charge in [0.25, 0.3) is 11.5 Å². The minimum Gasteiger partial charge on any atom is -0.322 e. The van der Waals surface area contributed by atoms with Gasteiger partial charge in [0.1, 0.15) is 5.82 Å². The fourth-order valence-electron chi connectivity index (χ4n) is 3.07. The zero-order valence-corrected chi connectivity index (χ0v) is 16.6. The monoisotopic (exact) mass is 433 g/mol. The van der Waals surface area contributed by atoms with Gasteiger partial charge in [-0.1, -0.05) is 34.1 Å². The molecular formula is C22H16BrN3O2. The van der Waals surface area contributed by atoms with Gasteiger partial charge in [0.05, 0.1) is 16.6 Å². The lowest BCUT2D eigenvalue weighted by Gasteiger charge is -2.12. The van der Waals surface area contributed by atoms with Gasteiger partial charge in [-0.05, 0) is 61.5 Å². The van der Waals surface area contributed by atoms with Crippen molar-refractivity contribution in [2.24, 2.45) is 0 Å². The fraction of sp³-hybridized carbons (Fsp3) is 0.0455. The van der Waals surface area contributed by atoms with Crippen LogP contribution in [-0.2, 0) is 0 Å². The Morgan fingerprint density at radius 3 is 2.50 bits per heavy atom. The molecule has 4 aromatic rings. The van der Waals surface area contributed by atoms with Crippen LogP contribution in [0.3, 0.4) is 0 Å². The molecule has 28 heavy (non-hydrogen) atoms. The van der Waals surface area contributed by atoms with E-state index in [0.717, 1.165) is 4.47 Å². The topological polar surface area (TPSA) is 64.0 Å². The summed E-state index contributed by atoms with van der Waals surface area (Å²) >= 11 is 3.36. The highest BCUT2D eigenvalue weighted by molar-refractivity contribution is 9.10. The van der Waals surface area contributed by atoms with E-state index in [1.807, 2.05) is 30.3 Å². The van der Waals surface area contributed by atoms with Gasteiger partial charge in [-0.15, -0.1) is 0 Å². The minimum absolute atomic E-state index is 0.117. The first kappa shape index (κ1) is 18.1. The van der Waals surface area contributed by atoms with E-state index in [-0.39, 0.29) is 11.5 Å². The maximum Gasteiger partial charge on any atom is 0.265 e. The number of nitrogens with zero attached hydrogens (tertiary/aromatic N) is 2. The summed E-state index contributed by atoms with van der Waals surface area (Å²) in [6.45, 7) is 1.80. The first-order valence-corrected chi connectivity index (χ1v) is 9.48. The van der Waals surface area contributed by atoms with Crippen molar-refractivity contribution in [3.05, 3.63) is 99.0 Å². The summed E-state index contributed by atoms with van der Waals surface area (Å²) in [6.07, 6.45) is 0. The quantitative estimate of drug-likeness (QED) is 0.508. The number of anilines is 1.